The van der Waals surface area contributed by atoms with Crippen LogP contribution < -0.4 is 0 Å². The summed E-state index contributed by atoms with van der Waals surface area (Å²) >= 11 is 0. The van der Waals surface area contributed by atoms with E-state index in [4.69, 9.17) is 0 Å². The molecular formula is C11H18O. The summed E-state index contributed by atoms with van der Waals surface area (Å²) in [4.78, 5) is 11.7. The zero-order chi connectivity index (χ0) is 8.72. The number of fused-ring (bicyclic) bond motifs is 2. The van der Waals surface area contributed by atoms with Gasteiger partial charge in [0.2, 0.25) is 0 Å². The number of carbonyl (C=O) groups is 1. The minimum atomic E-state index is 0.362. The van der Waals surface area contributed by atoms with Crippen LogP contribution >= 0.6 is 0 Å². The van der Waals surface area contributed by atoms with Crippen LogP contribution in [-0.4, -0.2) is 5.78 Å². The highest BCUT2D eigenvalue weighted by atomic mass is 16.1. The van der Waals surface area contributed by atoms with E-state index in [1.165, 1.54) is 25.7 Å². The molecule has 0 aromatic rings. The van der Waals surface area contributed by atoms with Crippen molar-refractivity contribution in [2.75, 3.05) is 0 Å². The molecule has 0 spiro atoms. The standard InChI is InChI=1S/C11H18O/c1-7-3-9-5-8(2)11(12)10(4-7)6-9/h7-10H,3-6H2,1-2H3. The van der Waals surface area contributed by atoms with E-state index in [-0.39, 0.29) is 0 Å². The second-order valence-electron chi connectivity index (χ2n) is 4.91. The third-order valence-corrected chi connectivity index (χ3v) is 3.62. The molecule has 0 aromatic carbocycles. The van der Waals surface area contributed by atoms with Crippen LogP contribution in [0.4, 0.5) is 0 Å². The number of rotatable bonds is 0. The Bertz CT molecular complexity index is 193. The van der Waals surface area contributed by atoms with Crippen LogP contribution in [0, 0.1) is 23.7 Å². The van der Waals surface area contributed by atoms with Gasteiger partial charge in [0.15, 0.2) is 0 Å². The maximum absolute atomic E-state index is 11.7. The molecule has 0 aliphatic heterocycles. The Morgan fingerprint density at radius 2 is 1.83 bits per heavy atom. The molecule has 0 amide bonds. The van der Waals surface area contributed by atoms with Gasteiger partial charge in [-0.25, -0.2) is 0 Å². The van der Waals surface area contributed by atoms with Crippen molar-refractivity contribution in [3.63, 3.8) is 0 Å². The number of carbonyl (C=O) groups excluding carboxylic acids is 1. The lowest BCUT2D eigenvalue weighted by atomic mass is 9.65. The Labute approximate surface area is 74.5 Å². The summed E-state index contributed by atoms with van der Waals surface area (Å²) in [6.45, 7) is 4.40. The average Bonchev–Trinajstić information content (AvgIpc) is 1.99. The smallest absolute Gasteiger partial charge is 0.138 e. The first kappa shape index (κ1) is 8.28. The van der Waals surface area contributed by atoms with Crippen molar-refractivity contribution in [2.24, 2.45) is 23.7 Å². The molecule has 2 bridgehead atoms. The summed E-state index contributed by atoms with van der Waals surface area (Å²) in [6.07, 6.45) is 4.90. The average molecular weight is 166 g/mol. The van der Waals surface area contributed by atoms with E-state index >= 15 is 0 Å². The van der Waals surface area contributed by atoms with Crippen molar-refractivity contribution in [3.05, 3.63) is 0 Å². The lowest BCUT2D eigenvalue weighted by Gasteiger charge is -2.39. The van der Waals surface area contributed by atoms with E-state index in [1.54, 1.807) is 0 Å². The quantitative estimate of drug-likeness (QED) is 0.540. The molecule has 4 unspecified atom stereocenters. The van der Waals surface area contributed by atoms with Crippen molar-refractivity contribution in [2.45, 2.75) is 39.5 Å². The highest BCUT2D eigenvalue weighted by Gasteiger charge is 2.38. The SMILES string of the molecule is CC1CC2CC(C)C(=O)C(C1)C2. The van der Waals surface area contributed by atoms with Crippen molar-refractivity contribution in [1.29, 1.82) is 0 Å². The van der Waals surface area contributed by atoms with Gasteiger partial charge in [0.25, 0.3) is 0 Å². The first-order valence-electron chi connectivity index (χ1n) is 5.20. The Kier molecular flexibility index (Phi) is 1.97. The zero-order valence-electron chi connectivity index (χ0n) is 8.05. The van der Waals surface area contributed by atoms with E-state index in [0.717, 1.165) is 11.8 Å². The second-order valence-corrected chi connectivity index (χ2v) is 4.91. The number of hydrogen-bond acceptors (Lipinski definition) is 1. The Balaban J connectivity index is 2.12. The molecule has 0 aromatic heterocycles. The number of Topliss-reactive ketones (excluding diaryl/α,β-unsaturated/α-hetero) is 1. The summed E-state index contributed by atoms with van der Waals surface area (Å²) in [5.74, 6) is 3.01. The van der Waals surface area contributed by atoms with E-state index < -0.39 is 0 Å². The van der Waals surface area contributed by atoms with Gasteiger partial charge in [-0.3, -0.25) is 4.79 Å². The van der Waals surface area contributed by atoms with Gasteiger partial charge in [0.05, 0.1) is 0 Å². The Morgan fingerprint density at radius 1 is 1.08 bits per heavy atom. The molecule has 2 aliphatic rings. The second kappa shape index (κ2) is 2.86. The summed E-state index contributed by atoms with van der Waals surface area (Å²) in [5, 5.41) is 0. The molecular weight excluding hydrogens is 148 g/mol. The largest absolute Gasteiger partial charge is 0.299 e. The molecule has 12 heavy (non-hydrogen) atoms. The molecule has 2 rings (SSSR count). The zero-order valence-corrected chi connectivity index (χ0v) is 8.05. The van der Waals surface area contributed by atoms with Crippen LogP contribution in [0.2, 0.25) is 0 Å². The van der Waals surface area contributed by atoms with Crippen molar-refractivity contribution >= 4 is 5.78 Å². The molecule has 4 atom stereocenters. The van der Waals surface area contributed by atoms with Crippen LogP contribution in [0.15, 0.2) is 0 Å². The monoisotopic (exact) mass is 166 g/mol. The highest BCUT2D eigenvalue weighted by Crippen LogP contribution is 2.42. The van der Waals surface area contributed by atoms with Crippen LogP contribution in [0.1, 0.15) is 39.5 Å². The van der Waals surface area contributed by atoms with E-state index in [1.807, 2.05) is 0 Å². The van der Waals surface area contributed by atoms with E-state index in [2.05, 4.69) is 13.8 Å². The maximum atomic E-state index is 11.7. The summed E-state index contributed by atoms with van der Waals surface area (Å²) < 4.78 is 0. The van der Waals surface area contributed by atoms with Gasteiger partial charge in [-0.1, -0.05) is 13.8 Å². The minimum absolute atomic E-state index is 0.362. The molecule has 2 fully saturated rings. The summed E-state index contributed by atoms with van der Waals surface area (Å²) in [6, 6.07) is 0. The fourth-order valence-electron chi connectivity index (χ4n) is 3.19. The van der Waals surface area contributed by atoms with Gasteiger partial charge in [-0.15, -0.1) is 0 Å². The fourth-order valence-corrected chi connectivity index (χ4v) is 3.19. The maximum Gasteiger partial charge on any atom is 0.138 e. The van der Waals surface area contributed by atoms with Crippen LogP contribution in [-0.2, 0) is 4.79 Å². The van der Waals surface area contributed by atoms with Crippen molar-refractivity contribution < 1.29 is 4.79 Å². The predicted molar refractivity (Wildman–Crippen MR) is 48.8 cm³/mol. The van der Waals surface area contributed by atoms with Crippen LogP contribution in [0.25, 0.3) is 0 Å². The molecule has 1 nitrogen and oxygen atoms in total. The van der Waals surface area contributed by atoms with Crippen LogP contribution in [0.3, 0.4) is 0 Å². The Morgan fingerprint density at radius 3 is 2.58 bits per heavy atom. The molecule has 0 heterocycles. The molecule has 68 valence electrons. The van der Waals surface area contributed by atoms with Gasteiger partial charge < -0.3 is 0 Å². The summed E-state index contributed by atoms with van der Waals surface area (Å²) in [5.41, 5.74) is 0. The van der Waals surface area contributed by atoms with E-state index in [0.29, 0.717) is 17.6 Å². The number of hydrogen-bond donors (Lipinski definition) is 0. The predicted octanol–water partition coefficient (Wildman–Crippen LogP) is 2.65. The summed E-state index contributed by atoms with van der Waals surface area (Å²) in [7, 11) is 0. The first-order valence-corrected chi connectivity index (χ1v) is 5.20. The molecule has 2 saturated carbocycles. The Hall–Kier alpha value is -0.330. The molecule has 0 N–H and O–H groups in total. The normalized spacial score (nSPS) is 47.7. The van der Waals surface area contributed by atoms with Crippen LogP contribution in [0.5, 0.6) is 0 Å². The highest BCUT2D eigenvalue weighted by molar-refractivity contribution is 5.84. The fraction of sp³-hybridized carbons (Fsp3) is 0.909. The molecule has 0 radical (unpaired) electrons. The van der Waals surface area contributed by atoms with Gasteiger partial charge in [-0.2, -0.15) is 0 Å². The van der Waals surface area contributed by atoms with Gasteiger partial charge in [0, 0.05) is 11.8 Å². The lowest BCUT2D eigenvalue weighted by molar-refractivity contribution is -0.132. The first-order chi connectivity index (χ1) is 5.66. The van der Waals surface area contributed by atoms with Gasteiger partial charge >= 0.3 is 0 Å². The topological polar surface area (TPSA) is 17.1 Å². The van der Waals surface area contributed by atoms with E-state index in [9.17, 15) is 4.79 Å². The lowest BCUT2D eigenvalue weighted by Crippen LogP contribution is -2.37. The minimum Gasteiger partial charge on any atom is -0.299 e. The number of ketones is 1. The van der Waals surface area contributed by atoms with Gasteiger partial charge in [-0.05, 0) is 37.5 Å². The van der Waals surface area contributed by atoms with Crippen molar-refractivity contribution in [3.8, 4) is 0 Å². The third kappa shape index (κ3) is 1.30. The van der Waals surface area contributed by atoms with Gasteiger partial charge in [0.1, 0.15) is 5.78 Å². The third-order valence-electron chi connectivity index (χ3n) is 3.62. The molecule has 2 aliphatic carbocycles. The van der Waals surface area contributed by atoms with Crippen molar-refractivity contribution in [1.82, 2.24) is 0 Å². The molecule has 0 saturated heterocycles. The molecule has 1 heteroatoms.